The van der Waals surface area contributed by atoms with E-state index >= 15 is 0 Å². The molecule has 7 heteroatoms. The summed E-state index contributed by atoms with van der Waals surface area (Å²) in [6.45, 7) is 5.66. The van der Waals surface area contributed by atoms with Crippen molar-refractivity contribution in [1.29, 1.82) is 0 Å². The van der Waals surface area contributed by atoms with Crippen LogP contribution in [0.1, 0.15) is 18.1 Å². The van der Waals surface area contributed by atoms with Crippen LogP contribution >= 0.6 is 0 Å². The van der Waals surface area contributed by atoms with Gasteiger partial charge in [-0.1, -0.05) is 6.07 Å². The first-order chi connectivity index (χ1) is 12.1. The van der Waals surface area contributed by atoms with E-state index in [1.165, 1.54) is 11.4 Å². The standard InChI is InChI=1S/C19H24N2O4S/c1-13-6-7-16(12-14(13)2)20-19(22)15(3)25-18-10-8-17(9-11-18)21(4)26(5,23)24/h6-12,15H,1-5H3,(H,20,22)/t15-/m0/s1. The van der Waals surface area contributed by atoms with Crippen LogP contribution in [0.2, 0.25) is 0 Å². The third-order valence-corrected chi connectivity index (χ3v) is 5.36. The quantitative estimate of drug-likeness (QED) is 0.840. The number of aryl methyl sites for hydroxylation is 2. The molecular formula is C19H24N2O4S. The number of anilines is 2. The molecule has 0 spiro atoms. The van der Waals surface area contributed by atoms with Gasteiger partial charge in [-0.15, -0.1) is 0 Å². The Kier molecular flexibility index (Phi) is 5.92. The molecular weight excluding hydrogens is 352 g/mol. The molecule has 0 aliphatic carbocycles. The zero-order chi connectivity index (χ0) is 19.5. The number of ether oxygens (including phenoxy) is 1. The molecule has 26 heavy (non-hydrogen) atoms. The number of carbonyl (C=O) groups is 1. The molecule has 0 saturated heterocycles. The summed E-state index contributed by atoms with van der Waals surface area (Å²) in [6.07, 6.45) is 0.437. The number of sulfonamides is 1. The van der Waals surface area contributed by atoms with Gasteiger partial charge in [0.2, 0.25) is 10.0 Å². The van der Waals surface area contributed by atoms with Crippen molar-refractivity contribution in [3.05, 3.63) is 53.6 Å². The van der Waals surface area contributed by atoms with E-state index < -0.39 is 16.1 Å². The van der Waals surface area contributed by atoms with E-state index in [0.29, 0.717) is 11.4 Å². The summed E-state index contributed by atoms with van der Waals surface area (Å²) in [5.74, 6) is 0.226. The summed E-state index contributed by atoms with van der Waals surface area (Å²) in [5.41, 5.74) is 3.50. The maximum atomic E-state index is 12.3. The molecule has 0 saturated carbocycles. The Morgan fingerprint density at radius 3 is 2.23 bits per heavy atom. The normalized spacial score (nSPS) is 12.3. The van der Waals surface area contributed by atoms with Gasteiger partial charge in [0, 0.05) is 12.7 Å². The van der Waals surface area contributed by atoms with Gasteiger partial charge in [-0.05, 0) is 68.3 Å². The van der Waals surface area contributed by atoms with Crippen molar-refractivity contribution in [3.8, 4) is 5.75 Å². The van der Waals surface area contributed by atoms with Crippen LogP contribution in [0.4, 0.5) is 11.4 Å². The Labute approximate surface area is 154 Å². The molecule has 1 amide bonds. The van der Waals surface area contributed by atoms with Gasteiger partial charge in [0.25, 0.3) is 5.91 Å². The van der Waals surface area contributed by atoms with Gasteiger partial charge in [-0.2, -0.15) is 0 Å². The highest BCUT2D eigenvalue weighted by Crippen LogP contribution is 2.21. The van der Waals surface area contributed by atoms with E-state index in [9.17, 15) is 13.2 Å². The van der Waals surface area contributed by atoms with Crippen molar-refractivity contribution in [2.45, 2.75) is 26.9 Å². The number of rotatable bonds is 6. The number of hydrogen-bond donors (Lipinski definition) is 1. The zero-order valence-electron chi connectivity index (χ0n) is 15.6. The average molecular weight is 376 g/mol. The maximum absolute atomic E-state index is 12.3. The van der Waals surface area contributed by atoms with Crippen molar-refractivity contribution in [2.24, 2.45) is 0 Å². The van der Waals surface area contributed by atoms with Crippen LogP contribution in [-0.4, -0.2) is 33.7 Å². The highest BCUT2D eigenvalue weighted by molar-refractivity contribution is 7.92. The lowest BCUT2D eigenvalue weighted by atomic mass is 10.1. The van der Waals surface area contributed by atoms with Crippen LogP contribution < -0.4 is 14.4 Å². The second-order valence-corrected chi connectivity index (χ2v) is 8.29. The molecule has 2 aromatic rings. The summed E-state index contributed by atoms with van der Waals surface area (Å²) in [4.78, 5) is 12.3. The smallest absolute Gasteiger partial charge is 0.265 e. The summed E-state index contributed by atoms with van der Waals surface area (Å²) >= 11 is 0. The van der Waals surface area contributed by atoms with E-state index in [0.717, 1.165) is 23.1 Å². The van der Waals surface area contributed by atoms with E-state index in [4.69, 9.17) is 4.74 Å². The number of nitrogens with zero attached hydrogens (tertiary/aromatic N) is 1. The maximum Gasteiger partial charge on any atom is 0.265 e. The summed E-state index contributed by atoms with van der Waals surface area (Å²) in [5, 5.41) is 2.83. The van der Waals surface area contributed by atoms with Crippen molar-refractivity contribution < 1.29 is 17.9 Å². The molecule has 0 aromatic heterocycles. The molecule has 0 heterocycles. The first-order valence-corrected chi connectivity index (χ1v) is 10.0. The predicted molar refractivity (Wildman–Crippen MR) is 104 cm³/mol. The molecule has 0 aliphatic heterocycles. The van der Waals surface area contributed by atoms with Crippen LogP contribution in [0, 0.1) is 13.8 Å². The lowest BCUT2D eigenvalue weighted by molar-refractivity contribution is -0.122. The van der Waals surface area contributed by atoms with E-state index in [-0.39, 0.29) is 5.91 Å². The first kappa shape index (κ1) is 19.8. The minimum atomic E-state index is -3.32. The molecule has 2 aromatic carbocycles. The van der Waals surface area contributed by atoms with Crippen LogP contribution in [0.15, 0.2) is 42.5 Å². The van der Waals surface area contributed by atoms with Gasteiger partial charge >= 0.3 is 0 Å². The summed E-state index contributed by atoms with van der Waals surface area (Å²) in [6, 6.07) is 12.2. The van der Waals surface area contributed by atoms with E-state index in [1.807, 2.05) is 32.0 Å². The van der Waals surface area contributed by atoms with Gasteiger partial charge in [0.15, 0.2) is 6.10 Å². The van der Waals surface area contributed by atoms with Gasteiger partial charge < -0.3 is 10.1 Å². The highest BCUT2D eigenvalue weighted by atomic mass is 32.2. The van der Waals surface area contributed by atoms with Crippen LogP contribution in [0.25, 0.3) is 0 Å². The minimum absolute atomic E-state index is 0.259. The SMILES string of the molecule is Cc1ccc(NC(=O)[C@H](C)Oc2ccc(N(C)S(C)(=O)=O)cc2)cc1C. The monoisotopic (exact) mass is 376 g/mol. The Hall–Kier alpha value is -2.54. The summed E-state index contributed by atoms with van der Waals surface area (Å²) < 4.78 is 29.9. The molecule has 1 atom stereocenters. The van der Waals surface area contributed by atoms with Gasteiger partial charge in [-0.25, -0.2) is 8.42 Å². The second-order valence-electron chi connectivity index (χ2n) is 6.27. The fourth-order valence-corrected chi connectivity index (χ4v) is 2.75. The van der Waals surface area contributed by atoms with Crippen LogP contribution in [0.3, 0.4) is 0 Å². The third kappa shape index (κ3) is 4.98. The molecule has 6 nitrogen and oxygen atoms in total. The number of amides is 1. The number of nitrogens with one attached hydrogen (secondary N) is 1. The fraction of sp³-hybridized carbons (Fsp3) is 0.316. The molecule has 0 unspecified atom stereocenters. The Balaban J connectivity index is 2.01. The van der Waals surface area contributed by atoms with Crippen molar-refractivity contribution in [1.82, 2.24) is 0 Å². The number of hydrogen-bond acceptors (Lipinski definition) is 4. The van der Waals surface area contributed by atoms with Gasteiger partial charge in [0.1, 0.15) is 5.75 Å². The number of carbonyl (C=O) groups excluding carboxylic acids is 1. The highest BCUT2D eigenvalue weighted by Gasteiger charge is 2.16. The van der Waals surface area contributed by atoms with Crippen molar-refractivity contribution in [2.75, 3.05) is 22.9 Å². The largest absolute Gasteiger partial charge is 0.481 e. The van der Waals surface area contributed by atoms with Gasteiger partial charge in [-0.3, -0.25) is 9.10 Å². The Bertz CT molecular complexity index is 892. The lowest BCUT2D eigenvalue weighted by Crippen LogP contribution is -2.30. The Morgan fingerprint density at radius 1 is 1.08 bits per heavy atom. The van der Waals surface area contributed by atoms with Crippen LogP contribution in [-0.2, 0) is 14.8 Å². The number of benzene rings is 2. The molecule has 140 valence electrons. The second kappa shape index (κ2) is 7.78. The molecule has 0 radical (unpaired) electrons. The van der Waals surface area contributed by atoms with Crippen LogP contribution in [0.5, 0.6) is 5.75 Å². The first-order valence-electron chi connectivity index (χ1n) is 8.16. The fourth-order valence-electron chi connectivity index (χ4n) is 2.25. The predicted octanol–water partition coefficient (Wildman–Crippen LogP) is 3.11. The van der Waals surface area contributed by atoms with Gasteiger partial charge in [0.05, 0.1) is 11.9 Å². The third-order valence-electron chi connectivity index (χ3n) is 4.15. The average Bonchev–Trinajstić information content (AvgIpc) is 2.57. The molecule has 0 bridgehead atoms. The van der Waals surface area contributed by atoms with E-state index in [2.05, 4.69) is 5.32 Å². The summed E-state index contributed by atoms with van der Waals surface area (Å²) in [7, 11) is -1.84. The molecule has 2 rings (SSSR count). The van der Waals surface area contributed by atoms with E-state index in [1.54, 1.807) is 31.2 Å². The lowest BCUT2D eigenvalue weighted by Gasteiger charge is -2.18. The molecule has 1 N–H and O–H groups in total. The minimum Gasteiger partial charge on any atom is -0.481 e. The molecule has 0 fully saturated rings. The Morgan fingerprint density at radius 2 is 1.69 bits per heavy atom. The zero-order valence-corrected chi connectivity index (χ0v) is 16.4. The van der Waals surface area contributed by atoms with Crippen molar-refractivity contribution >= 4 is 27.3 Å². The van der Waals surface area contributed by atoms with Crippen molar-refractivity contribution in [3.63, 3.8) is 0 Å². The molecule has 0 aliphatic rings. The topological polar surface area (TPSA) is 75.7 Å².